The van der Waals surface area contributed by atoms with Crippen molar-refractivity contribution in [3.63, 3.8) is 0 Å². The van der Waals surface area contributed by atoms with E-state index in [0.29, 0.717) is 0 Å². The van der Waals surface area contributed by atoms with Crippen LogP contribution in [-0.4, -0.2) is 44.3 Å². The Balaban J connectivity index is 1.90. The van der Waals surface area contributed by atoms with Gasteiger partial charge in [-0.1, -0.05) is 44.2 Å². The summed E-state index contributed by atoms with van der Waals surface area (Å²) in [4.78, 5) is 2.56. The van der Waals surface area contributed by atoms with Gasteiger partial charge in [-0.25, -0.2) is 0 Å². The van der Waals surface area contributed by atoms with E-state index >= 15 is 0 Å². The molecule has 0 bridgehead atoms. The third-order valence-corrected chi connectivity index (χ3v) is 4.47. The molecule has 1 aliphatic heterocycles. The molecule has 1 aromatic rings. The van der Waals surface area contributed by atoms with Crippen molar-refractivity contribution >= 4 is 0 Å². The van der Waals surface area contributed by atoms with Crippen LogP contribution in [0.25, 0.3) is 0 Å². The summed E-state index contributed by atoms with van der Waals surface area (Å²) in [7, 11) is 0. The van der Waals surface area contributed by atoms with E-state index in [0.717, 1.165) is 51.7 Å². The van der Waals surface area contributed by atoms with Gasteiger partial charge >= 0.3 is 0 Å². The fraction of sp³-hybridized carbons (Fsp3) is 0.667. The van der Waals surface area contributed by atoms with Crippen LogP contribution >= 0.6 is 0 Å². The standard InChI is InChI=1S/C18H30N2O/c1-16(2)9-13-21-14-12-20-11-10-19-15-18(20,3)17-7-5-4-6-8-17/h4-8,16,19H,9-15H2,1-3H3. The summed E-state index contributed by atoms with van der Waals surface area (Å²) in [5.74, 6) is 0.721. The molecule has 0 spiro atoms. The summed E-state index contributed by atoms with van der Waals surface area (Å²) in [6.07, 6.45) is 1.15. The van der Waals surface area contributed by atoms with E-state index < -0.39 is 0 Å². The fourth-order valence-electron chi connectivity index (χ4n) is 2.94. The molecule has 1 unspecified atom stereocenters. The number of nitrogens with one attached hydrogen (secondary N) is 1. The van der Waals surface area contributed by atoms with Gasteiger partial charge < -0.3 is 10.1 Å². The Morgan fingerprint density at radius 3 is 2.71 bits per heavy atom. The quantitative estimate of drug-likeness (QED) is 0.782. The average Bonchev–Trinajstić information content (AvgIpc) is 2.49. The van der Waals surface area contributed by atoms with Gasteiger partial charge in [0.1, 0.15) is 0 Å². The molecule has 1 heterocycles. The number of ether oxygens (including phenoxy) is 1. The molecule has 1 N–H and O–H groups in total. The van der Waals surface area contributed by atoms with E-state index in [1.165, 1.54) is 5.56 Å². The summed E-state index contributed by atoms with van der Waals surface area (Å²) in [6, 6.07) is 10.8. The first-order valence-corrected chi connectivity index (χ1v) is 8.22. The lowest BCUT2D eigenvalue weighted by atomic mass is 9.88. The lowest BCUT2D eigenvalue weighted by Gasteiger charge is -2.45. The number of piperazine rings is 1. The highest BCUT2D eigenvalue weighted by Crippen LogP contribution is 2.29. The van der Waals surface area contributed by atoms with Crippen molar-refractivity contribution in [2.24, 2.45) is 5.92 Å². The molecule has 3 heteroatoms. The molecule has 0 aromatic heterocycles. The lowest BCUT2D eigenvalue weighted by Crippen LogP contribution is -2.58. The van der Waals surface area contributed by atoms with Gasteiger partial charge in [-0.15, -0.1) is 0 Å². The Bertz CT molecular complexity index is 407. The minimum Gasteiger partial charge on any atom is -0.380 e. The topological polar surface area (TPSA) is 24.5 Å². The van der Waals surface area contributed by atoms with Crippen molar-refractivity contribution in [3.8, 4) is 0 Å². The fourth-order valence-corrected chi connectivity index (χ4v) is 2.94. The number of benzene rings is 1. The Morgan fingerprint density at radius 2 is 2.00 bits per heavy atom. The molecular weight excluding hydrogens is 260 g/mol. The monoisotopic (exact) mass is 290 g/mol. The van der Waals surface area contributed by atoms with E-state index in [-0.39, 0.29) is 5.54 Å². The predicted molar refractivity (Wildman–Crippen MR) is 88.5 cm³/mol. The SMILES string of the molecule is CC(C)CCOCCN1CCNCC1(C)c1ccccc1. The normalized spacial score (nSPS) is 23.6. The van der Waals surface area contributed by atoms with E-state index in [2.05, 4.69) is 61.3 Å². The van der Waals surface area contributed by atoms with Gasteiger partial charge in [-0.05, 0) is 24.8 Å². The zero-order valence-corrected chi connectivity index (χ0v) is 13.8. The highest BCUT2D eigenvalue weighted by molar-refractivity contribution is 5.25. The van der Waals surface area contributed by atoms with Crippen LogP contribution in [-0.2, 0) is 10.3 Å². The molecule has 2 rings (SSSR count). The smallest absolute Gasteiger partial charge is 0.0593 e. The first-order chi connectivity index (χ1) is 10.1. The molecule has 0 radical (unpaired) electrons. The second-order valence-corrected chi connectivity index (χ2v) is 6.60. The largest absolute Gasteiger partial charge is 0.380 e. The molecule has 0 amide bonds. The van der Waals surface area contributed by atoms with Crippen molar-refractivity contribution in [2.45, 2.75) is 32.7 Å². The van der Waals surface area contributed by atoms with Gasteiger partial charge in [0.25, 0.3) is 0 Å². The maximum atomic E-state index is 5.81. The second-order valence-electron chi connectivity index (χ2n) is 6.60. The van der Waals surface area contributed by atoms with Gasteiger partial charge in [0.15, 0.2) is 0 Å². The van der Waals surface area contributed by atoms with Crippen LogP contribution < -0.4 is 5.32 Å². The highest BCUT2D eigenvalue weighted by Gasteiger charge is 2.35. The summed E-state index contributed by atoms with van der Waals surface area (Å²) < 4.78 is 5.81. The predicted octanol–water partition coefficient (Wildman–Crippen LogP) is 2.87. The summed E-state index contributed by atoms with van der Waals surface area (Å²) in [5.41, 5.74) is 1.46. The number of hydrogen-bond donors (Lipinski definition) is 1. The first-order valence-electron chi connectivity index (χ1n) is 8.22. The van der Waals surface area contributed by atoms with Crippen molar-refractivity contribution in [2.75, 3.05) is 39.4 Å². The molecule has 3 nitrogen and oxygen atoms in total. The lowest BCUT2D eigenvalue weighted by molar-refractivity contribution is 0.0296. The molecular formula is C18H30N2O. The van der Waals surface area contributed by atoms with Crippen LogP contribution in [0.5, 0.6) is 0 Å². The molecule has 1 atom stereocenters. The van der Waals surface area contributed by atoms with Gasteiger partial charge in [-0.3, -0.25) is 4.90 Å². The number of nitrogens with zero attached hydrogens (tertiary/aromatic N) is 1. The van der Waals surface area contributed by atoms with Gasteiger partial charge in [0.2, 0.25) is 0 Å². The van der Waals surface area contributed by atoms with Crippen molar-refractivity contribution in [3.05, 3.63) is 35.9 Å². The Morgan fingerprint density at radius 1 is 1.24 bits per heavy atom. The van der Waals surface area contributed by atoms with Crippen molar-refractivity contribution < 1.29 is 4.74 Å². The number of hydrogen-bond acceptors (Lipinski definition) is 3. The Labute approximate surface area is 129 Å². The van der Waals surface area contributed by atoms with Crippen LogP contribution in [0.15, 0.2) is 30.3 Å². The highest BCUT2D eigenvalue weighted by atomic mass is 16.5. The summed E-state index contributed by atoms with van der Waals surface area (Å²) in [5, 5.41) is 3.54. The van der Waals surface area contributed by atoms with E-state index in [1.807, 2.05) is 0 Å². The molecule has 0 aliphatic carbocycles. The number of rotatable bonds is 7. The molecule has 21 heavy (non-hydrogen) atoms. The van der Waals surface area contributed by atoms with E-state index in [9.17, 15) is 0 Å². The van der Waals surface area contributed by atoms with E-state index in [1.54, 1.807) is 0 Å². The molecule has 0 saturated carbocycles. The minimum absolute atomic E-state index is 0.0704. The Hall–Kier alpha value is -0.900. The van der Waals surface area contributed by atoms with E-state index in [4.69, 9.17) is 4.74 Å². The van der Waals surface area contributed by atoms with Crippen LogP contribution in [0.2, 0.25) is 0 Å². The molecule has 118 valence electrons. The third kappa shape index (κ3) is 4.53. The van der Waals surface area contributed by atoms with Crippen LogP contribution in [0.1, 0.15) is 32.8 Å². The first kappa shape index (κ1) is 16.5. The third-order valence-electron chi connectivity index (χ3n) is 4.47. The van der Waals surface area contributed by atoms with Gasteiger partial charge in [0, 0.05) is 32.8 Å². The summed E-state index contributed by atoms with van der Waals surface area (Å²) >= 11 is 0. The Kier molecular flexibility index (Phi) is 6.22. The van der Waals surface area contributed by atoms with Crippen LogP contribution in [0.3, 0.4) is 0 Å². The van der Waals surface area contributed by atoms with Crippen LogP contribution in [0.4, 0.5) is 0 Å². The molecule has 1 saturated heterocycles. The maximum absolute atomic E-state index is 5.81. The van der Waals surface area contributed by atoms with Crippen LogP contribution in [0, 0.1) is 5.92 Å². The molecule has 1 aliphatic rings. The zero-order chi connectivity index (χ0) is 15.1. The van der Waals surface area contributed by atoms with Gasteiger partial charge in [0.05, 0.1) is 12.1 Å². The molecule has 1 fully saturated rings. The minimum atomic E-state index is 0.0704. The summed E-state index contributed by atoms with van der Waals surface area (Å²) in [6.45, 7) is 12.7. The van der Waals surface area contributed by atoms with Crippen molar-refractivity contribution in [1.82, 2.24) is 10.2 Å². The second kappa shape index (κ2) is 7.92. The zero-order valence-electron chi connectivity index (χ0n) is 13.8. The van der Waals surface area contributed by atoms with Gasteiger partial charge in [-0.2, -0.15) is 0 Å². The maximum Gasteiger partial charge on any atom is 0.0593 e. The molecule has 1 aromatic carbocycles. The average molecular weight is 290 g/mol. The van der Waals surface area contributed by atoms with Crippen molar-refractivity contribution in [1.29, 1.82) is 0 Å².